The lowest BCUT2D eigenvalue weighted by Gasteiger charge is -2.03. The van der Waals surface area contributed by atoms with E-state index in [-0.39, 0.29) is 0 Å². The fourth-order valence-electron chi connectivity index (χ4n) is 1.63. The molecule has 1 heterocycles. The lowest BCUT2D eigenvalue weighted by molar-refractivity contribution is 1.30. The molecule has 0 radical (unpaired) electrons. The number of fused-ring (bicyclic) bond motifs is 1. The van der Waals surface area contributed by atoms with Crippen LogP contribution in [0.3, 0.4) is 0 Å². The lowest BCUT2D eigenvalue weighted by atomic mass is 10.0. The molecule has 0 amide bonds. The highest BCUT2D eigenvalue weighted by molar-refractivity contribution is 5.87. The van der Waals surface area contributed by atoms with Gasteiger partial charge in [-0.1, -0.05) is 32.0 Å². The number of hydrogen-bond donors (Lipinski definition) is 0. The number of benzene rings is 1. The van der Waals surface area contributed by atoms with Crippen LogP contribution in [0.2, 0.25) is 0 Å². The molecule has 0 aliphatic carbocycles. The Morgan fingerprint density at radius 3 is 2.29 bits per heavy atom. The van der Waals surface area contributed by atoms with E-state index in [4.69, 9.17) is 0 Å². The molecule has 0 bridgehead atoms. The van der Waals surface area contributed by atoms with Gasteiger partial charge in [0, 0.05) is 17.8 Å². The molecule has 0 atom stereocenters. The number of pyridine rings is 1. The van der Waals surface area contributed by atoms with Crippen molar-refractivity contribution in [2.24, 2.45) is 0 Å². The van der Waals surface area contributed by atoms with Gasteiger partial charge in [0.15, 0.2) is 0 Å². The standard InChI is InChI=1S/C11H11N.C2H6/c1-8-4-3-5-10-7-12-6-9(2)11(8)10;1-2/h3-7H,1-2H3;1-2H3. The van der Waals surface area contributed by atoms with Crippen molar-refractivity contribution >= 4 is 10.8 Å². The molecular formula is C13H17N. The molecule has 2 aromatic rings. The third-order valence-electron chi connectivity index (χ3n) is 2.18. The van der Waals surface area contributed by atoms with Gasteiger partial charge in [-0.2, -0.15) is 0 Å². The minimum absolute atomic E-state index is 1.23. The van der Waals surface area contributed by atoms with Crippen molar-refractivity contribution in [1.29, 1.82) is 0 Å². The molecule has 1 nitrogen and oxygen atoms in total. The summed E-state index contributed by atoms with van der Waals surface area (Å²) in [6.07, 6.45) is 3.82. The van der Waals surface area contributed by atoms with Crippen LogP contribution < -0.4 is 0 Å². The van der Waals surface area contributed by atoms with Gasteiger partial charge in [-0.3, -0.25) is 4.98 Å². The van der Waals surface area contributed by atoms with Crippen molar-refractivity contribution in [3.05, 3.63) is 41.7 Å². The van der Waals surface area contributed by atoms with Crippen LogP contribution in [-0.2, 0) is 0 Å². The molecule has 74 valence electrons. The van der Waals surface area contributed by atoms with Crippen molar-refractivity contribution in [1.82, 2.24) is 4.98 Å². The van der Waals surface area contributed by atoms with E-state index in [9.17, 15) is 0 Å². The van der Waals surface area contributed by atoms with E-state index in [0.29, 0.717) is 0 Å². The fourth-order valence-corrected chi connectivity index (χ4v) is 1.63. The predicted octanol–water partition coefficient (Wildman–Crippen LogP) is 3.88. The molecule has 1 aromatic carbocycles. The van der Waals surface area contributed by atoms with E-state index in [1.807, 2.05) is 26.2 Å². The van der Waals surface area contributed by atoms with Gasteiger partial charge in [-0.05, 0) is 30.4 Å². The number of nitrogens with zero attached hydrogens (tertiary/aromatic N) is 1. The minimum Gasteiger partial charge on any atom is -0.264 e. The van der Waals surface area contributed by atoms with Crippen molar-refractivity contribution in [3.8, 4) is 0 Å². The molecule has 0 fully saturated rings. The Morgan fingerprint density at radius 2 is 1.64 bits per heavy atom. The fraction of sp³-hybridized carbons (Fsp3) is 0.308. The Hall–Kier alpha value is -1.37. The van der Waals surface area contributed by atoms with Crippen LogP contribution >= 0.6 is 0 Å². The van der Waals surface area contributed by atoms with Crippen LogP contribution in [0.15, 0.2) is 30.6 Å². The average molecular weight is 187 g/mol. The summed E-state index contributed by atoms with van der Waals surface area (Å²) in [6.45, 7) is 8.23. The van der Waals surface area contributed by atoms with Crippen molar-refractivity contribution in [2.75, 3.05) is 0 Å². The second kappa shape index (κ2) is 4.75. The molecule has 0 saturated heterocycles. The monoisotopic (exact) mass is 187 g/mol. The third kappa shape index (κ3) is 1.92. The molecule has 14 heavy (non-hydrogen) atoms. The number of aryl methyl sites for hydroxylation is 2. The molecule has 1 heteroatoms. The number of rotatable bonds is 0. The Balaban J connectivity index is 0.000000461. The van der Waals surface area contributed by atoms with E-state index < -0.39 is 0 Å². The largest absolute Gasteiger partial charge is 0.264 e. The Labute approximate surface area is 85.8 Å². The predicted molar refractivity (Wildman–Crippen MR) is 62.6 cm³/mol. The first-order chi connectivity index (χ1) is 6.79. The third-order valence-corrected chi connectivity index (χ3v) is 2.18. The van der Waals surface area contributed by atoms with Crippen molar-refractivity contribution < 1.29 is 0 Å². The first kappa shape index (κ1) is 10.7. The van der Waals surface area contributed by atoms with Crippen molar-refractivity contribution in [3.63, 3.8) is 0 Å². The van der Waals surface area contributed by atoms with Gasteiger partial charge in [0.25, 0.3) is 0 Å². The van der Waals surface area contributed by atoms with Gasteiger partial charge in [0.1, 0.15) is 0 Å². The Bertz CT molecular complexity index is 382. The Kier molecular flexibility index (Phi) is 3.63. The van der Waals surface area contributed by atoms with Crippen LogP contribution in [0.1, 0.15) is 25.0 Å². The van der Waals surface area contributed by atoms with Gasteiger partial charge in [0.05, 0.1) is 0 Å². The highest BCUT2D eigenvalue weighted by atomic mass is 14.6. The quantitative estimate of drug-likeness (QED) is 0.610. The summed E-state index contributed by atoms with van der Waals surface area (Å²) in [5, 5.41) is 2.57. The molecule has 0 unspecified atom stereocenters. The van der Waals surface area contributed by atoms with Gasteiger partial charge in [-0.15, -0.1) is 0 Å². The van der Waals surface area contributed by atoms with Gasteiger partial charge in [-0.25, -0.2) is 0 Å². The molecule has 0 saturated carbocycles. The Morgan fingerprint density at radius 1 is 0.929 bits per heavy atom. The number of aromatic nitrogens is 1. The van der Waals surface area contributed by atoms with Gasteiger partial charge in [0.2, 0.25) is 0 Å². The minimum atomic E-state index is 1.23. The normalized spacial score (nSPS) is 9.43. The smallest absolute Gasteiger partial charge is 0.0346 e. The summed E-state index contributed by atoms with van der Waals surface area (Å²) in [5.74, 6) is 0. The van der Waals surface area contributed by atoms with Crippen LogP contribution in [0.25, 0.3) is 10.8 Å². The molecule has 0 aliphatic rings. The molecule has 1 aromatic heterocycles. The molecule has 0 spiro atoms. The zero-order chi connectivity index (χ0) is 10.6. The van der Waals surface area contributed by atoms with E-state index in [2.05, 4.69) is 37.0 Å². The molecule has 2 rings (SSSR count). The summed E-state index contributed by atoms with van der Waals surface area (Å²) in [6, 6.07) is 6.30. The van der Waals surface area contributed by atoms with E-state index in [0.717, 1.165) is 0 Å². The van der Waals surface area contributed by atoms with Crippen LogP contribution in [0.4, 0.5) is 0 Å². The van der Waals surface area contributed by atoms with E-state index >= 15 is 0 Å². The topological polar surface area (TPSA) is 12.9 Å². The van der Waals surface area contributed by atoms with Gasteiger partial charge < -0.3 is 0 Å². The van der Waals surface area contributed by atoms with Crippen LogP contribution in [0, 0.1) is 13.8 Å². The summed E-state index contributed by atoms with van der Waals surface area (Å²) in [5.41, 5.74) is 2.58. The second-order valence-electron chi connectivity index (χ2n) is 3.13. The number of hydrogen-bond acceptors (Lipinski definition) is 1. The maximum absolute atomic E-state index is 4.15. The first-order valence-corrected chi connectivity index (χ1v) is 5.09. The zero-order valence-electron chi connectivity index (χ0n) is 9.33. The van der Waals surface area contributed by atoms with E-state index in [1.165, 1.54) is 21.9 Å². The lowest BCUT2D eigenvalue weighted by Crippen LogP contribution is -1.83. The second-order valence-corrected chi connectivity index (χ2v) is 3.13. The molecular weight excluding hydrogens is 170 g/mol. The maximum atomic E-state index is 4.15. The van der Waals surface area contributed by atoms with Crippen LogP contribution in [-0.4, -0.2) is 4.98 Å². The summed E-state index contributed by atoms with van der Waals surface area (Å²) >= 11 is 0. The zero-order valence-corrected chi connectivity index (χ0v) is 9.33. The first-order valence-electron chi connectivity index (χ1n) is 5.09. The highest BCUT2D eigenvalue weighted by Gasteiger charge is 1.98. The van der Waals surface area contributed by atoms with Crippen LogP contribution in [0.5, 0.6) is 0 Å². The summed E-state index contributed by atoms with van der Waals surface area (Å²) in [7, 11) is 0. The van der Waals surface area contributed by atoms with Gasteiger partial charge >= 0.3 is 0 Å². The average Bonchev–Trinajstić information content (AvgIpc) is 2.21. The SMILES string of the molecule is CC.Cc1cccc2cncc(C)c12. The summed E-state index contributed by atoms with van der Waals surface area (Å²) < 4.78 is 0. The molecule has 0 N–H and O–H groups in total. The maximum Gasteiger partial charge on any atom is 0.0346 e. The highest BCUT2D eigenvalue weighted by Crippen LogP contribution is 2.19. The molecule has 0 aliphatic heterocycles. The summed E-state index contributed by atoms with van der Waals surface area (Å²) in [4.78, 5) is 4.15. The van der Waals surface area contributed by atoms with Crippen molar-refractivity contribution in [2.45, 2.75) is 27.7 Å². The van der Waals surface area contributed by atoms with E-state index in [1.54, 1.807) is 0 Å².